The Bertz CT molecular complexity index is 798. The number of aromatic nitrogens is 1. The molecule has 0 amide bonds. The number of thiazole rings is 1. The van der Waals surface area contributed by atoms with Crippen LogP contribution in [0.1, 0.15) is 12.8 Å². The molecule has 0 radical (unpaired) electrons. The van der Waals surface area contributed by atoms with E-state index in [2.05, 4.69) is 20.2 Å². The van der Waals surface area contributed by atoms with Crippen molar-refractivity contribution < 1.29 is 4.74 Å². The van der Waals surface area contributed by atoms with Crippen LogP contribution < -0.4 is 5.32 Å². The number of ether oxygens (including phenoxy) is 1. The van der Waals surface area contributed by atoms with E-state index in [0.29, 0.717) is 17.0 Å². The molecule has 1 spiro atoms. The molecule has 1 atom stereocenters. The largest absolute Gasteiger partial charge is 0.455 e. The monoisotopic (exact) mass is 348 g/mol. The van der Waals surface area contributed by atoms with Crippen molar-refractivity contribution in [2.45, 2.75) is 18.4 Å². The van der Waals surface area contributed by atoms with Crippen LogP contribution in [0.5, 0.6) is 0 Å². The van der Waals surface area contributed by atoms with Crippen molar-refractivity contribution in [1.82, 2.24) is 9.88 Å². The van der Waals surface area contributed by atoms with E-state index in [0.717, 1.165) is 28.4 Å². The second-order valence-electron chi connectivity index (χ2n) is 6.57. The minimum absolute atomic E-state index is 0.118. The number of amidine groups is 1. The molecule has 1 aromatic heterocycles. The number of benzene rings is 1. The SMILES string of the molecule is Clc1cccc2sc(NC3=NC[C@@]4(CN5CCC4CC5)O3)nc12. The number of para-hydroxylation sites is 1. The highest BCUT2D eigenvalue weighted by Gasteiger charge is 2.51. The number of nitrogens with zero attached hydrogens (tertiary/aromatic N) is 3. The zero-order chi connectivity index (χ0) is 15.4. The smallest absolute Gasteiger partial charge is 0.291 e. The Labute approximate surface area is 143 Å². The van der Waals surface area contributed by atoms with Crippen molar-refractivity contribution in [1.29, 1.82) is 0 Å². The van der Waals surface area contributed by atoms with E-state index >= 15 is 0 Å². The number of piperidine rings is 3. The highest BCUT2D eigenvalue weighted by Crippen LogP contribution is 2.41. The molecule has 1 N–H and O–H groups in total. The lowest BCUT2D eigenvalue weighted by Gasteiger charge is -2.50. The maximum atomic E-state index is 6.28. The Morgan fingerprint density at radius 3 is 2.96 bits per heavy atom. The maximum Gasteiger partial charge on any atom is 0.291 e. The van der Waals surface area contributed by atoms with Gasteiger partial charge in [-0.15, -0.1) is 0 Å². The van der Waals surface area contributed by atoms with E-state index < -0.39 is 0 Å². The molecule has 2 bridgehead atoms. The zero-order valence-electron chi connectivity index (χ0n) is 12.6. The second kappa shape index (κ2) is 5.06. The van der Waals surface area contributed by atoms with E-state index in [1.165, 1.54) is 25.9 Å². The lowest BCUT2D eigenvalue weighted by Crippen LogP contribution is -2.61. The first kappa shape index (κ1) is 14.0. The third-order valence-electron chi connectivity index (χ3n) is 5.20. The summed E-state index contributed by atoms with van der Waals surface area (Å²) in [5.74, 6) is 0.625. The van der Waals surface area contributed by atoms with Gasteiger partial charge < -0.3 is 4.74 Å². The van der Waals surface area contributed by atoms with Gasteiger partial charge in [-0.25, -0.2) is 9.98 Å². The van der Waals surface area contributed by atoms with Gasteiger partial charge in [-0.3, -0.25) is 10.2 Å². The number of rotatable bonds is 1. The molecule has 7 heteroatoms. The molecule has 1 aromatic carbocycles. The van der Waals surface area contributed by atoms with Crippen molar-refractivity contribution in [3.63, 3.8) is 0 Å². The van der Waals surface area contributed by atoms with Crippen LogP contribution in [-0.4, -0.2) is 47.7 Å². The molecule has 120 valence electrons. The number of nitrogens with one attached hydrogen (secondary N) is 1. The summed E-state index contributed by atoms with van der Waals surface area (Å²) in [6.07, 6.45) is 2.44. The molecule has 2 aromatic rings. The first-order valence-corrected chi connectivity index (χ1v) is 9.19. The Kier molecular flexibility index (Phi) is 3.08. The molecule has 23 heavy (non-hydrogen) atoms. The highest BCUT2D eigenvalue weighted by molar-refractivity contribution is 7.22. The Balaban J connectivity index is 1.36. The summed E-state index contributed by atoms with van der Waals surface area (Å²) in [6, 6.07) is 6.43. The minimum Gasteiger partial charge on any atom is -0.455 e. The first-order chi connectivity index (χ1) is 11.2. The summed E-state index contributed by atoms with van der Waals surface area (Å²) < 4.78 is 7.35. The number of aliphatic imine (C=N–C) groups is 1. The summed E-state index contributed by atoms with van der Waals surface area (Å²) in [5, 5.41) is 4.71. The molecule has 5 heterocycles. The lowest BCUT2D eigenvalue weighted by atomic mass is 9.75. The van der Waals surface area contributed by atoms with Gasteiger partial charge in [0.1, 0.15) is 11.1 Å². The molecule has 3 saturated heterocycles. The van der Waals surface area contributed by atoms with Gasteiger partial charge in [-0.05, 0) is 38.1 Å². The fraction of sp³-hybridized carbons (Fsp3) is 0.500. The van der Waals surface area contributed by atoms with E-state index in [1.807, 2.05) is 18.2 Å². The molecule has 0 saturated carbocycles. The molecular formula is C16H17ClN4OS. The fourth-order valence-corrected chi connectivity index (χ4v) is 5.16. The molecule has 4 aliphatic heterocycles. The van der Waals surface area contributed by atoms with Gasteiger partial charge in [0.2, 0.25) is 0 Å². The number of anilines is 1. The van der Waals surface area contributed by atoms with Crippen LogP contribution in [0.4, 0.5) is 5.13 Å². The van der Waals surface area contributed by atoms with E-state index in [9.17, 15) is 0 Å². The Morgan fingerprint density at radius 1 is 1.35 bits per heavy atom. The quantitative estimate of drug-likeness (QED) is 0.859. The van der Waals surface area contributed by atoms with Crippen LogP contribution in [-0.2, 0) is 4.74 Å². The number of halogens is 1. The van der Waals surface area contributed by atoms with Gasteiger partial charge in [0.15, 0.2) is 5.13 Å². The molecular weight excluding hydrogens is 332 g/mol. The Hall–Kier alpha value is -1.37. The van der Waals surface area contributed by atoms with E-state index in [1.54, 1.807) is 11.3 Å². The average molecular weight is 349 g/mol. The summed E-state index contributed by atoms with van der Waals surface area (Å²) in [6.45, 7) is 4.16. The first-order valence-electron chi connectivity index (χ1n) is 8.00. The van der Waals surface area contributed by atoms with Gasteiger partial charge in [0.05, 0.1) is 16.3 Å². The van der Waals surface area contributed by atoms with Crippen molar-refractivity contribution in [2.75, 3.05) is 31.5 Å². The van der Waals surface area contributed by atoms with Crippen LogP contribution in [0.3, 0.4) is 0 Å². The van der Waals surface area contributed by atoms with Crippen LogP contribution in [0.25, 0.3) is 10.2 Å². The molecule has 3 fully saturated rings. The number of hydrogen-bond acceptors (Lipinski definition) is 6. The number of fused-ring (bicyclic) bond motifs is 3. The summed E-state index contributed by atoms with van der Waals surface area (Å²) in [4.78, 5) is 11.7. The average Bonchev–Trinajstić information content (AvgIpc) is 3.14. The van der Waals surface area contributed by atoms with Gasteiger partial charge >= 0.3 is 0 Å². The number of hydrogen-bond donors (Lipinski definition) is 1. The summed E-state index contributed by atoms with van der Waals surface area (Å²) in [5.41, 5.74) is 0.713. The Morgan fingerprint density at radius 2 is 2.22 bits per heavy atom. The van der Waals surface area contributed by atoms with Gasteiger partial charge in [0.25, 0.3) is 6.02 Å². The van der Waals surface area contributed by atoms with Gasteiger partial charge in [-0.1, -0.05) is 29.0 Å². The normalized spacial score (nSPS) is 32.3. The third kappa shape index (κ3) is 2.23. The minimum atomic E-state index is -0.118. The maximum absolute atomic E-state index is 6.28. The third-order valence-corrected chi connectivity index (χ3v) is 6.44. The van der Waals surface area contributed by atoms with Gasteiger partial charge in [0, 0.05) is 12.5 Å². The molecule has 6 rings (SSSR count). The topological polar surface area (TPSA) is 49.8 Å². The predicted molar refractivity (Wildman–Crippen MR) is 93.5 cm³/mol. The van der Waals surface area contributed by atoms with Crippen LogP contribution in [0, 0.1) is 5.92 Å². The van der Waals surface area contributed by atoms with Gasteiger partial charge in [-0.2, -0.15) is 0 Å². The van der Waals surface area contributed by atoms with Crippen molar-refractivity contribution in [2.24, 2.45) is 10.9 Å². The highest BCUT2D eigenvalue weighted by atomic mass is 35.5. The lowest BCUT2D eigenvalue weighted by molar-refractivity contribution is -0.0829. The standard InChI is InChI=1S/C16H17ClN4OS/c17-11-2-1-3-12-13(11)19-15(23-12)20-14-18-8-16(22-14)9-21-6-4-10(16)5-7-21/h1-3,10H,4-9H2,(H,18,19,20)/t16-/m0/s1. The van der Waals surface area contributed by atoms with E-state index in [4.69, 9.17) is 16.3 Å². The predicted octanol–water partition coefficient (Wildman–Crippen LogP) is 3.21. The van der Waals surface area contributed by atoms with Crippen LogP contribution >= 0.6 is 22.9 Å². The summed E-state index contributed by atoms with van der Waals surface area (Å²) in [7, 11) is 0. The van der Waals surface area contributed by atoms with Crippen molar-refractivity contribution >= 4 is 44.3 Å². The van der Waals surface area contributed by atoms with Crippen molar-refractivity contribution in [3.05, 3.63) is 23.2 Å². The summed E-state index contributed by atoms with van der Waals surface area (Å²) >= 11 is 7.77. The molecule has 5 nitrogen and oxygen atoms in total. The molecule has 4 aliphatic rings. The zero-order valence-corrected chi connectivity index (χ0v) is 14.2. The van der Waals surface area contributed by atoms with Crippen LogP contribution in [0.2, 0.25) is 5.02 Å². The second-order valence-corrected chi connectivity index (χ2v) is 8.01. The fourth-order valence-electron chi connectivity index (χ4n) is 4.01. The van der Waals surface area contributed by atoms with Crippen LogP contribution in [0.15, 0.2) is 23.2 Å². The molecule has 0 unspecified atom stereocenters. The molecule has 0 aliphatic carbocycles. The van der Waals surface area contributed by atoms with Crippen molar-refractivity contribution in [3.8, 4) is 0 Å². The van der Waals surface area contributed by atoms with E-state index in [-0.39, 0.29) is 5.60 Å².